The summed E-state index contributed by atoms with van der Waals surface area (Å²) in [5, 5.41) is 0. The Balaban J connectivity index is 1.57. The van der Waals surface area contributed by atoms with Crippen molar-refractivity contribution in [3.8, 4) is 11.8 Å². The molecule has 4 atom stereocenters. The Labute approximate surface area is 266 Å². The average molecular weight is 619 g/mol. The predicted molar refractivity (Wildman–Crippen MR) is 166 cm³/mol. The van der Waals surface area contributed by atoms with E-state index in [2.05, 4.69) is 11.8 Å². The molecule has 0 saturated carbocycles. The molecule has 0 N–H and O–H groups in total. The number of esters is 4. The molecule has 0 amide bonds. The van der Waals surface area contributed by atoms with Gasteiger partial charge in [-0.05, 0) is 54.5 Å². The molecule has 46 heavy (non-hydrogen) atoms. The summed E-state index contributed by atoms with van der Waals surface area (Å²) in [5.74, 6) is 2.68. The van der Waals surface area contributed by atoms with Crippen LogP contribution < -0.4 is 0 Å². The standard InChI is InChI=1S/C37H30O9/c1-2-3-24-37(46-35(41)29-22-14-7-15-23-29)31(44-33(39)27-18-10-5-11-19-27)30(25-42-32(38)26-16-8-4-9-17-26)43-36(37)45-34(40)28-20-12-6-13-21-28/h4-23,30-31,36H,2,25H2,1H3/t30-,31-,36-,37-/m1/s1. The lowest BCUT2D eigenvalue weighted by molar-refractivity contribution is -0.161. The molecule has 1 fully saturated rings. The molecule has 9 nitrogen and oxygen atoms in total. The Hall–Kier alpha value is -5.72. The molecule has 0 radical (unpaired) electrons. The van der Waals surface area contributed by atoms with Gasteiger partial charge < -0.3 is 23.7 Å². The van der Waals surface area contributed by atoms with E-state index in [4.69, 9.17) is 23.7 Å². The Morgan fingerprint density at radius 3 is 1.54 bits per heavy atom. The van der Waals surface area contributed by atoms with Gasteiger partial charge in [0.15, 0.2) is 6.10 Å². The first-order valence-corrected chi connectivity index (χ1v) is 14.6. The third-order valence-electron chi connectivity index (χ3n) is 7.00. The largest absolute Gasteiger partial charge is 0.459 e. The normalized spacial score (nSPS) is 20.0. The summed E-state index contributed by atoms with van der Waals surface area (Å²) in [6.07, 6.45) is -4.18. The smallest absolute Gasteiger partial charge is 0.340 e. The van der Waals surface area contributed by atoms with Crippen molar-refractivity contribution in [3.63, 3.8) is 0 Å². The average Bonchev–Trinajstić information content (AvgIpc) is 3.38. The molecule has 232 valence electrons. The molecular weight excluding hydrogens is 588 g/mol. The Kier molecular flexibility index (Phi) is 10.2. The zero-order valence-electron chi connectivity index (χ0n) is 24.9. The zero-order valence-corrected chi connectivity index (χ0v) is 24.9. The van der Waals surface area contributed by atoms with Crippen LogP contribution in [0.3, 0.4) is 0 Å². The van der Waals surface area contributed by atoms with Gasteiger partial charge in [0, 0.05) is 6.42 Å². The molecule has 9 heteroatoms. The number of carbonyl (C=O) groups excluding carboxylic acids is 4. The fourth-order valence-electron chi connectivity index (χ4n) is 4.73. The third-order valence-corrected chi connectivity index (χ3v) is 7.00. The summed E-state index contributed by atoms with van der Waals surface area (Å²) >= 11 is 0. The number of hydrogen-bond donors (Lipinski definition) is 0. The van der Waals surface area contributed by atoms with Crippen molar-refractivity contribution in [1.29, 1.82) is 0 Å². The van der Waals surface area contributed by atoms with E-state index >= 15 is 0 Å². The summed E-state index contributed by atoms with van der Waals surface area (Å²) in [7, 11) is 0. The highest BCUT2D eigenvalue weighted by molar-refractivity contribution is 5.92. The lowest BCUT2D eigenvalue weighted by atomic mass is 9.94. The maximum absolute atomic E-state index is 13.6. The van der Waals surface area contributed by atoms with Crippen molar-refractivity contribution in [3.05, 3.63) is 144 Å². The van der Waals surface area contributed by atoms with Crippen LogP contribution in [0.1, 0.15) is 54.8 Å². The van der Waals surface area contributed by atoms with E-state index < -0.39 is 54.6 Å². The van der Waals surface area contributed by atoms with Gasteiger partial charge in [-0.2, -0.15) is 0 Å². The van der Waals surface area contributed by atoms with Gasteiger partial charge in [0.25, 0.3) is 11.9 Å². The van der Waals surface area contributed by atoms with Crippen molar-refractivity contribution in [2.24, 2.45) is 0 Å². The van der Waals surface area contributed by atoms with Crippen molar-refractivity contribution in [2.45, 2.75) is 37.4 Å². The van der Waals surface area contributed by atoms with Gasteiger partial charge in [-0.15, -0.1) is 0 Å². The number of benzene rings is 4. The monoisotopic (exact) mass is 618 g/mol. The van der Waals surface area contributed by atoms with E-state index in [1.54, 1.807) is 116 Å². The Morgan fingerprint density at radius 1 is 0.630 bits per heavy atom. The van der Waals surface area contributed by atoms with Gasteiger partial charge in [-0.1, -0.05) is 85.6 Å². The minimum atomic E-state index is -2.17. The van der Waals surface area contributed by atoms with Crippen molar-refractivity contribution >= 4 is 23.9 Å². The van der Waals surface area contributed by atoms with Crippen LogP contribution in [0.2, 0.25) is 0 Å². The molecule has 1 aliphatic rings. The summed E-state index contributed by atoms with van der Waals surface area (Å²) in [4.78, 5) is 53.4. The number of ether oxygens (including phenoxy) is 5. The molecule has 0 aromatic heterocycles. The second kappa shape index (κ2) is 14.8. The van der Waals surface area contributed by atoms with Crippen LogP contribution in [0.15, 0.2) is 121 Å². The highest BCUT2D eigenvalue weighted by Gasteiger charge is 2.64. The molecule has 0 spiro atoms. The number of carbonyl (C=O) groups is 4. The highest BCUT2D eigenvalue weighted by atomic mass is 16.8. The topological polar surface area (TPSA) is 114 Å². The first-order valence-electron chi connectivity index (χ1n) is 14.6. The number of hydrogen-bond acceptors (Lipinski definition) is 9. The van der Waals surface area contributed by atoms with E-state index in [0.29, 0.717) is 6.42 Å². The molecule has 0 bridgehead atoms. The minimum Gasteiger partial charge on any atom is -0.459 e. The quantitative estimate of drug-likeness (QED) is 0.133. The maximum Gasteiger partial charge on any atom is 0.340 e. The molecule has 0 aliphatic carbocycles. The minimum absolute atomic E-state index is 0.167. The van der Waals surface area contributed by atoms with Crippen LogP contribution in [0.5, 0.6) is 0 Å². The molecular formula is C37H30O9. The van der Waals surface area contributed by atoms with E-state index in [9.17, 15) is 19.2 Å². The van der Waals surface area contributed by atoms with Crippen LogP contribution in [0, 0.1) is 11.8 Å². The van der Waals surface area contributed by atoms with Gasteiger partial charge >= 0.3 is 23.9 Å². The highest BCUT2D eigenvalue weighted by Crippen LogP contribution is 2.39. The fourth-order valence-corrected chi connectivity index (χ4v) is 4.73. The van der Waals surface area contributed by atoms with Crippen LogP contribution >= 0.6 is 0 Å². The van der Waals surface area contributed by atoms with Gasteiger partial charge in [0.2, 0.25) is 0 Å². The summed E-state index contributed by atoms with van der Waals surface area (Å²) in [6, 6.07) is 32.6. The van der Waals surface area contributed by atoms with Crippen LogP contribution in [0.25, 0.3) is 0 Å². The van der Waals surface area contributed by atoms with Crippen LogP contribution in [-0.2, 0) is 23.7 Å². The lowest BCUT2D eigenvalue weighted by Crippen LogP contribution is -2.54. The first-order chi connectivity index (χ1) is 22.4. The van der Waals surface area contributed by atoms with E-state index in [0.717, 1.165) is 0 Å². The molecule has 1 aliphatic heterocycles. The molecule has 4 aromatic carbocycles. The van der Waals surface area contributed by atoms with E-state index in [1.807, 2.05) is 0 Å². The van der Waals surface area contributed by atoms with Crippen molar-refractivity contribution in [1.82, 2.24) is 0 Å². The van der Waals surface area contributed by atoms with Crippen LogP contribution in [-0.4, -0.2) is 54.6 Å². The van der Waals surface area contributed by atoms with Crippen molar-refractivity contribution < 1.29 is 42.9 Å². The van der Waals surface area contributed by atoms with Crippen LogP contribution in [0.4, 0.5) is 0 Å². The maximum atomic E-state index is 13.6. The summed E-state index contributed by atoms with van der Waals surface area (Å²) in [5.41, 5.74) is -1.34. The van der Waals surface area contributed by atoms with E-state index in [1.165, 1.54) is 12.1 Å². The lowest BCUT2D eigenvalue weighted by Gasteiger charge is -2.32. The molecule has 0 unspecified atom stereocenters. The first kappa shape index (κ1) is 31.7. The predicted octanol–water partition coefficient (Wildman–Crippen LogP) is 5.66. The number of rotatable bonds is 9. The second-order valence-corrected chi connectivity index (χ2v) is 10.1. The molecule has 5 rings (SSSR count). The summed E-state index contributed by atoms with van der Waals surface area (Å²) < 4.78 is 29.6. The zero-order chi connectivity index (χ0) is 32.4. The van der Waals surface area contributed by atoms with Gasteiger partial charge in [-0.25, -0.2) is 19.2 Å². The van der Waals surface area contributed by atoms with E-state index in [-0.39, 0.29) is 22.3 Å². The third kappa shape index (κ3) is 7.32. The molecule has 4 aromatic rings. The second-order valence-electron chi connectivity index (χ2n) is 10.1. The SMILES string of the molecule is CCC#C[C@]1(OC(=O)c2ccccc2)[C@@H](OC(=O)c2ccccc2)O[C@H](COC(=O)c2ccccc2)[C@H]1OC(=O)c1ccccc1. The Morgan fingerprint density at radius 2 is 1.07 bits per heavy atom. The summed E-state index contributed by atoms with van der Waals surface area (Å²) in [6.45, 7) is 1.31. The fraction of sp³-hybridized carbons (Fsp3) is 0.189. The molecule has 1 saturated heterocycles. The molecule has 1 heterocycles. The van der Waals surface area contributed by atoms with Gasteiger partial charge in [-0.3, -0.25) is 0 Å². The Bertz CT molecular complexity index is 1710. The van der Waals surface area contributed by atoms with Gasteiger partial charge in [0.1, 0.15) is 12.7 Å². The van der Waals surface area contributed by atoms with Gasteiger partial charge in [0.05, 0.1) is 22.3 Å². The van der Waals surface area contributed by atoms with Crippen molar-refractivity contribution in [2.75, 3.05) is 6.61 Å².